The number of methoxy groups -OCH3 is 1. The SMILES string of the molecule is COCCNc1ccc(S)cc1NO. The second-order valence-electron chi connectivity index (χ2n) is 2.76. The number of ether oxygens (including phenoxy) is 1. The van der Waals surface area contributed by atoms with E-state index < -0.39 is 0 Å². The van der Waals surface area contributed by atoms with E-state index in [4.69, 9.17) is 9.94 Å². The third-order valence-corrected chi connectivity index (χ3v) is 2.02. The molecule has 0 saturated carbocycles. The van der Waals surface area contributed by atoms with Gasteiger partial charge in [-0.25, -0.2) is 0 Å². The third-order valence-electron chi connectivity index (χ3n) is 1.75. The van der Waals surface area contributed by atoms with Gasteiger partial charge in [0.15, 0.2) is 0 Å². The molecular weight excluding hydrogens is 200 g/mol. The molecule has 0 unspecified atom stereocenters. The average Bonchev–Trinajstić information content (AvgIpc) is 2.20. The Balaban J connectivity index is 2.65. The van der Waals surface area contributed by atoms with Crippen LogP contribution in [0, 0.1) is 0 Å². The minimum Gasteiger partial charge on any atom is -0.383 e. The summed E-state index contributed by atoms with van der Waals surface area (Å²) in [7, 11) is 1.64. The highest BCUT2D eigenvalue weighted by molar-refractivity contribution is 7.80. The first-order valence-corrected chi connectivity index (χ1v) is 4.68. The first-order chi connectivity index (χ1) is 6.77. The fraction of sp³-hybridized carbons (Fsp3) is 0.333. The van der Waals surface area contributed by atoms with E-state index in [1.165, 1.54) is 0 Å². The maximum atomic E-state index is 8.84. The Labute approximate surface area is 88.6 Å². The number of hydrogen-bond donors (Lipinski definition) is 4. The molecular formula is C9H14N2O2S. The first-order valence-electron chi connectivity index (χ1n) is 4.24. The standard InChI is InChI=1S/C9H14N2O2S/c1-13-5-4-10-8-3-2-7(14)6-9(8)11-12/h2-3,6,10-12,14H,4-5H2,1H3. The molecule has 3 N–H and O–H groups in total. The van der Waals surface area contributed by atoms with Gasteiger partial charge < -0.3 is 10.1 Å². The van der Waals surface area contributed by atoms with Crippen LogP contribution < -0.4 is 10.8 Å². The summed E-state index contributed by atoms with van der Waals surface area (Å²) in [4.78, 5) is 0.791. The van der Waals surface area contributed by atoms with Gasteiger partial charge in [0.2, 0.25) is 0 Å². The van der Waals surface area contributed by atoms with Crippen LogP contribution in [0.5, 0.6) is 0 Å². The summed E-state index contributed by atoms with van der Waals surface area (Å²) in [6, 6.07) is 5.42. The quantitative estimate of drug-likeness (QED) is 0.343. The maximum Gasteiger partial charge on any atom is 0.0844 e. The number of thiol groups is 1. The Morgan fingerprint density at radius 3 is 2.86 bits per heavy atom. The van der Waals surface area contributed by atoms with Gasteiger partial charge >= 0.3 is 0 Å². The smallest absolute Gasteiger partial charge is 0.0844 e. The predicted molar refractivity (Wildman–Crippen MR) is 59.5 cm³/mol. The van der Waals surface area contributed by atoms with Crippen molar-refractivity contribution < 1.29 is 9.94 Å². The molecule has 14 heavy (non-hydrogen) atoms. The zero-order chi connectivity index (χ0) is 10.4. The molecule has 0 aliphatic carbocycles. The molecule has 0 amide bonds. The number of benzene rings is 1. The molecule has 1 aromatic carbocycles. The van der Waals surface area contributed by atoms with E-state index in [2.05, 4.69) is 23.4 Å². The van der Waals surface area contributed by atoms with Crippen LogP contribution in [-0.4, -0.2) is 25.5 Å². The van der Waals surface area contributed by atoms with Gasteiger partial charge in [0, 0.05) is 18.6 Å². The van der Waals surface area contributed by atoms with Crippen molar-refractivity contribution >= 4 is 24.0 Å². The largest absolute Gasteiger partial charge is 0.383 e. The van der Waals surface area contributed by atoms with Gasteiger partial charge in [-0.1, -0.05) is 0 Å². The summed E-state index contributed by atoms with van der Waals surface area (Å²) in [5.74, 6) is 0. The van der Waals surface area contributed by atoms with Gasteiger partial charge in [0.25, 0.3) is 0 Å². The summed E-state index contributed by atoms with van der Waals surface area (Å²) in [6.07, 6.45) is 0. The molecule has 0 atom stereocenters. The van der Waals surface area contributed by atoms with Crippen LogP contribution in [0.1, 0.15) is 0 Å². The molecule has 0 fully saturated rings. The van der Waals surface area contributed by atoms with Crippen LogP contribution in [0.2, 0.25) is 0 Å². The number of rotatable bonds is 5. The second kappa shape index (κ2) is 5.74. The summed E-state index contributed by atoms with van der Waals surface area (Å²) in [6.45, 7) is 1.31. The molecule has 0 aliphatic rings. The van der Waals surface area contributed by atoms with Crippen molar-refractivity contribution in [2.24, 2.45) is 0 Å². The lowest BCUT2D eigenvalue weighted by molar-refractivity contribution is 0.211. The van der Waals surface area contributed by atoms with Crippen molar-refractivity contribution in [2.45, 2.75) is 4.90 Å². The van der Waals surface area contributed by atoms with E-state index in [9.17, 15) is 0 Å². The molecule has 0 aromatic heterocycles. The van der Waals surface area contributed by atoms with Gasteiger partial charge in [0.05, 0.1) is 18.0 Å². The fourth-order valence-corrected chi connectivity index (χ4v) is 1.27. The lowest BCUT2D eigenvalue weighted by Crippen LogP contribution is -2.09. The van der Waals surface area contributed by atoms with E-state index in [1.54, 1.807) is 13.2 Å². The van der Waals surface area contributed by atoms with Crippen molar-refractivity contribution in [3.05, 3.63) is 18.2 Å². The van der Waals surface area contributed by atoms with Crippen molar-refractivity contribution in [3.63, 3.8) is 0 Å². The lowest BCUT2D eigenvalue weighted by atomic mass is 10.2. The van der Waals surface area contributed by atoms with Crippen LogP contribution in [-0.2, 0) is 4.74 Å². The van der Waals surface area contributed by atoms with Crippen LogP contribution in [0.3, 0.4) is 0 Å². The number of nitrogens with one attached hydrogen (secondary N) is 2. The first kappa shape index (κ1) is 11.2. The Morgan fingerprint density at radius 2 is 2.21 bits per heavy atom. The highest BCUT2D eigenvalue weighted by Crippen LogP contribution is 2.23. The molecule has 5 heteroatoms. The average molecular weight is 214 g/mol. The van der Waals surface area contributed by atoms with Crippen LogP contribution in [0.25, 0.3) is 0 Å². The van der Waals surface area contributed by atoms with Crippen LogP contribution in [0.4, 0.5) is 11.4 Å². The summed E-state index contributed by atoms with van der Waals surface area (Å²) < 4.78 is 4.90. The molecule has 0 radical (unpaired) electrons. The van der Waals surface area contributed by atoms with Gasteiger partial charge in [-0.3, -0.25) is 10.7 Å². The normalized spacial score (nSPS) is 9.93. The van der Waals surface area contributed by atoms with Crippen molar-refractivity contribution in [1.29, 1.82) is 0 Å². The molecule has 1 aromatic rings. The highest BCUT2D eigenvalue weighted by atomic mass is 32.1. The van der Waals surface area contributed by atoms with Crippen LogP contribution in [0.15, 0.2) is 23.1 Å². The van der Waals surface area contributed by atoms with Gasteiger partial charge in [-0.2, -0.15) is 0 Å². The monoisotopic (exact) mass is 214 g/mol. The van der Waals surface area contributed by atoms with E-state index in [0.29, 0.717) is 18.8 Å². The molecule has 78 valence electrons. The second-order valence-corrected chi connectivity index (χ2v) is 3.28. The highest BCUT2D eigenvalue weighted by Gasteiger charge is 2.00. The number of hydrogen-bond acceptors (Lipinski definition) is 5. The Kier molecular flexibility index (Phi) is 4.58. The Morgan fingerprint density at radius 1 is 1.43 bits per heavy atom. The van der Waals surface area contributed by atoms with E-state index in [1.807, 2.05) is 12.1 Å². The summed E-state index contributed by atoms with van der Waals surface area (Å²) >= 11 is 4.16. The minimum atomic E-state index is 0.605. The van der Waals surface area contributed by atoms with Gasteiger partial charge in [0.1, 0.15) is 0 Å². The zero-order valence-electron chi connectivity index (χ0n) is 7.95. The molecule has 0 heterocycles. The molecule has 0 aliphatic heterocycles. The maximum absolute atomic E-state index is 8.84. The van der Waals surface area contributed by atoms with E-state index in [-0.39, 0.29) is 0 Å². The Bertz CT molecular complexity index is 294. The molecule has 4 nitrogen and oxygen atoms in total. The number of anilines is 2. The predicted octanol–water partition coefficient (Wildman–Crippen LogP) is 1.83. The molecule has 0 saturated heterocycles. The fourth-order valence-electron chi connectivity index (χ4n) is 1.07. The van der Waals surface area contributed by atoms with Crippen molar-refractivity contribution in [2.75, 3.05) is 31.1 Å². The topological polar surface area (TPSA) is 53.5 Å². The molecule has 0 bridgehead atoms. The Hall–Kier alpha value is -0.910. The lowest BCUT2D eigenvalue weighted by Gasteiger charge is -2.10. The molecule has 1 rings (SSSR count). The van der Waals surface area contributed by atoms with Gasteiger partial charge in [-0.05, 0) is 18.2 Å². The van der Waals surface area contributed by atoms with Gasteiger partial charge in [-0.15, -0.1) is 12.6 Å². The minimum absolute atomic E-state index is 0.605. The van der Waals surface area contributed by atoms with Crippen molar-refractivity contribution in [1.82, 2.24) is 0 Å². The summed E-state index contributed by atoms with van der Waals surface area (Å²) in [5, 5.41) is 12.0. The zero-order valence-corrected chi connectivity index (χ0v) is 8.84. The van der Waals surface area contributed by atoms with E-state index in [0.717, 1.165) is 10.6 Å². The third kappa shape index (κ3) is 3.10. The summed E-state index contributed by atoms with van der Waals surface area (Å²) in [5.41, 5.74) is 3.54. The molecule has 0 spiro atoms. The van der Waals surface area contributed by atoms with Crippen LogP contribution >= 0.6 is 12.6 Å². The van der Waals surface area contributed by atoms with Crippen molar-refractivity contribution in [3.8, 4) is 0 Å². The van der Waals surface area contributed by atoms with E-state index >= 15 is 0 Å².